The number of hydrogen-bond acceptors (Lipinski definition) is 3. The summed E-state index contributed by atoms with van der Waals surface area (Å²) in [7, 11) is 0. The fraction of sp³-hybridized carbons (Fsp3) is 0.600. The van der Waals surface area contributed by atoms with Crippen LogP contribution in [0.5, 0.6) is 5.75 Å². The zero-order valence-corrected chi connectivity index (χ0v) is 13.3. The molecule has 1 N–H and O–H groups in total. The van der Waals surface area contributed by atoms with E-state index in [0.29, 0.717) is 0 Å². The molecule has 2 rings (SSSR count). The van der Waals surface area contributed by atoms with E-state index in [1.807, 2.05) is 12.1 Å². The van der Waals surface area contributed by atoms with Crippen LogP contribution in [0.25, 0.3) is 0 Å². The lowest BCUT2D eigenvalue weighted by Gasteiger charge is -2.24. The van der Waals surface area contributed by atoms with Gasteiger partial charge in [-0.1, -0.05) is 22.9 Å². The molecular weight excluding hydrogens is 306 g/mol. The lowest BCUT2D eigenvalue weighted by molar-refractivity contribution is 0.171. The van der Waals surface area contributed by atoms with Gasteiger partial charge in [0.05, 0.1) is 13.2 Å². The van der Waals surface area contributed by atoms with Crippen molar-refractivity contribution in [2.45, 2.75) is 38.8 Å². The summed E-state index contributed by atoms with van der Waals surface area (Å²) in [5.74, 6) is 0.972. The summed E-state index contributed by atoms with van der Waals surface area (Å²) in [4.78, 5) is 0. The molecule has 1 atom stereocenters. The third-order valence-corrected chi connectivity index (χ3v) is 3.90. The first kappa shape index (κ1) is 14.8. The second-order valence-electron chi connectivity index (χ2n) is 5.32. The molecule has 1 aromatic rings. The molecule has 106 valence electrons. The van der Waals surface area contributed by atoms with E-state index < -0.39 is 0 Å². The normalized spacial score (nSPS) is 22.7. The molecule has 0 aromatic heterocycles. The third-order valence-electron chi connectivity index (χ3n) is 3.41. The van der Waals surface area contributed by atoms with Crippen molar-refractivity contribution < 1.29 is 9.47 Å². The molecule has 0 spiro atoms. The Hall–Kier alpha value is -0.580. The average Bonchev–Trinajstić information content (AvgIpc) is 2.83. The number of halogens is 1. The Bertz CT molecular complexity index is 417. The molecule has 1 heterocycles. The van der Waals surface area contributed by atoms with Crippen LogP contribution in [0.3, 0.4) is 0 Å². The van der Waals surface area contributed by atoms with Crippen molar-refractivity contribution in [1.82, 2.24) is 5.32 Å². The molecule has 1 unspecified atom stereocenters. The van der Waals surface area contributed by atoms with Crippen LogP contribution in [0.2, 0.25) is 0 Å². The van der Waals surface area contributed by atoms with Gasteiger partial charge in [0.25, 0.3) is 0 Å². The van der Waals surface area contributed by atoms with Crippen LogP contribution < -0.4 is 10.1 Å². The maximum Gasteiger partial charge on any atom is 0.123 e. The Labute approximate surface area is 123 Å². The van der Waals surface area contributed by atoms with Gasteiger partial charge in [-0.15, -0.1) is 0 Å². The first-order valence-corrected chi connectivity index (χ1v) is 7.66. The van der Waals surface area contributed by atoms with Crippen LogP contribution in [-0.2, 0) is 11.3 Å². The molecule has 1 aliphatic heterocycles. The highest BCUT2D eigenvalue weighted by Gasteiger charge is 2.29. The highest BCUT2D eigenvalue weighted by Crippen LogP contribution is 2.25. The predicted octanol–water partition coefficient (Wildman–Crippen LogP) is 3.51. The Morgan fingerprint density at radius 1 is 1.47 bits per heavy atom. The molecule has 1 aliphatic rings. The van der Waals surface area contributed by atoms with Gasteiger partial charge in [-0.25, -0.2) is 0 Å². The van der Waals surface area contributed by atoms with E-state index in [0.717, 1.165) is 49.4 Å². The van der Waals surface area contributed by atoms with E-state index in [1.165, 1.54) is 5.56 Å². The first-order chi connectivity index (χ1) is 9.13. The van der Waals surface area contributed by atoms with Crippen molar-refractivity contribution in [2.24, 2.45) is 0 Å². The standard InChI is InChI=1S/C15H22BrNO2/c1-3-7-19-14-5-4-13(16)9-12(14)10-17-15(2)6-8-18-11-15/h4-5,9,17H,3,6-8,10-11H2,1-2H3. The second kappa shape index (κ2) is 6.73. The number of rotatable bonds is 6. The molecule has 0 aliphatic carbocycles. The summed E-state index contributed by atoms with van der Waals surface area (Å²) < 4.78 is 12.3. The third kappa shape index (κ3) is 4.20. The summed E-state index contributed by atoms with van der Waals surface area (Å²) in [5, 5.41) is 3.59. The molecule has 3 nitrogen and oxygen atoms in total. The molecule has 0 radical (unpaired) electrons. The van der Waals surface area contributed by atoms with Gasteiger partial charge in [-0.05, 0) is 38.0 Å². The molecule has 0 bridgehead atoms. The lowest BCUT2D eigenvalue weighted by atomic mass is 10.0. The summed E-state index contributed by atoms with van der Waals surface area (Å²) in [5.41, 5.74) is 1.28. The quantitative estimate of drug-likeness (QED) is 0.867. The van der Waals surface area contributed by atoms with Crippen LogP contribution >= 0.6 is 15.9 Å². The number of benzene rings is 1. The highest BCUT2D eigenvalue weighted by molar-refractivity contribution is 9.10. The van der Waals surface area contributed by atoms with E-state index in [2.05, 4.69) is 41.2 Å². The number of ether oxygens (including phenoxy) is 2. The molecule has 1 fully saturated rings. The van der Waals surface area contributed by atoms with Crippen LogP contribution in [0.15, 0.2) is 22.7 Å². The summed E-state index contributed by atoms with van der Waals surface area (Å²) in [6.07, 6.45) is 2.08. The Morgan fingerprint density at radius 2 is 2.32 bits per heavy atom. The van der Waals surface area contributed by atoms with Gasteiger partial charge in [0.2, 0.25) is 0 Å². The highest BCUT2D eigenvalue weighted by atomic mass is 79.9. The predicted molar refractivity (Wildman–Crippen MR) is 80.6 cm³/mol. The van der Waals surface area contributed by atoms with E-state index in [-0.39, 0.29) is 5.54 Å². The van der Waals surface area contributed by atoms with Gasteiger partial charge in [-0.2, -0.15) is 0 Å². The first-order valence-electron chi connectivity index (χ1n) is 6.87. The van der Waals surface area contributed by atoms with Crippen LogP contribution in [0, 0.1) is 0 Å². The van der Waals surface area contributed by atoms with Crippen LogP contribution in [-0.4, -0.2) is 25.4 Å². The van der Waals surface area contributed by atoms with E-state index in [9.17, 15) is 0 Å². The minimum atomic E-state index is 0.0876. The Balaban J connectivity index is 2.02. The minimum Gasteiger partial charge on any atom is -0.493 e. The SMILES string of the molecule is CCCOc1ccc(Br)cc1CNC1(C)CCOC1. The van der Waals surface area contributed by atoms with Gasteiger partial charge < -0.3 is 14.8 Å². The summed E-state index contributed by atoms with van der Waals surface area (Å²) in [6.45, 7) is 7.53. The van der Waals surface area contributed by atoms with Crippen molar-refractivity contribution in [1.29, 1.82) is 0 Å². The van der Waals surface area contributed by atoms with Crippen molar-refractivity contribution in [3.05, 3.63) is 28.2 Å². The monoisotopic (exact) mass is 327 g/mol. The smallest absolute Gasteiger partial charge is 0.123 e. The molecule has 19 heavy (non-hydrogen) atoms. The van der Waals surface area contributed by atoms with Gasteiger partial charge in [-0.3, -0.25) is 0 Å². The molecule has 1 saturated heterocycles. The Kier molecular flexibility index (Phi) is 5.25. The lowest BCUT2D eigenvalue weighted by Crippen LogP contribution is -2.42. The molecular formula is C15H22BrNO2. The summed E-state index contributed by atoms with van der Waals surface area (Å²) in [6, 6.07) is 6.18. The van der Waals surface area contributed by atoms with E-state index in [1.54, 1.807) is 0 Å². The maximum absolute atomic E-state index is 5.80. The topological polar surface area (TPSA) is 30.5 Å². The molecule has 1 aromatic carbocycles. The van der Waals surface area contributed by atoms with Crippen LogP contribution in [0.1, 0.15) is 32.3 Å². The fourth-order valence-electron chi connectivity index (χ4n) is 2.15. The molecule has 4 heteroatoms. The van der Waals surface area contributed by atoms with Gasteiger partial charge in [0.1, 0.15) is 5.75 Å². The maximum atomic E-state index is 5.80. The largest absolute Gasteiger partial charge is 0.493 e. The average molecular weight is 328 g/mol. The van der Waals surface area contributed by atoms with Crippen LogP contribution in [0.4, 0.5) is 0 Å². The molecule has 0 saturated carbocycles. The van der Waals surface area contributed by atoms with Crippen molar-refractivity contribution in [3.8, 4) is 5.75 Å². The van der Waals surface area contributed by atoms with Gasteiger partial charge in [0, 0.05) is 28.7 Å². The van der Waals surface area contributed by atoms with Crippen molar-refractivity contribution in [3.63, 3.8) is 0 Å². The Morgan fingerprint density at radius 3 is 3.00 bits per heavy atom. The minimum absolute atomic E-state index is 0.0876. The summed E-state index contributed by atoms with van der Waals surface area (Å²) >= 11 is 3.52. The second-order valence-corrected chi connectivity index (χ2v) is 6.23. The number of hydrogen-bond donors (Lipinski definition) is 1. The number of nitrogens with one attached hydrogen (secondary N) is 1. The zero-order chi connectivity index (χ0) is 13.7. The van der Waals surface area contributed by atoms with Gasteiger partial charge in [0.15, 0.2) is 0 Å². The van der Waals surface area contributed by atoms with Crippen molar-refractivity contribution >= 4 is 15.9 Å². The van der Waals surface area contributed by atoms with Gasteiger partial charge >= 0.3 is 0 Å². The van der Waals surface area contributed by atoms with E-state index in [4.69, 9.17) is 9.47 Å². The molecule has 0 amide bonds. The zero-order valence-electron chi connectivity index (χ0n) is 11.7. The van der Waals surface area contributed by atoms with E-state index >= 15 is 0 Å². The fourth-order valence-corrected chi connectivity index (χ4v) is 2.56. The van der Waals surface area contributed by atoms with Crippen molar-refractivity contribution in [2.75, 3.05) is 19.8 Å².